The second-order valence-electron chi connectivity index (χ2n) is 5.58. The van der Waals surface area contributed by atoms with Crippen molar-refractivity contribution in [1.82, 2.24) is 14.7 Å². The molecule has 2 N–H and O–H groups in total. The van der Waals surface area contributed by atoms with Crippen LogP contribution in [-0.4, -0.2) is 44.1 Å². The summed E-state index contributed by atoms with van der Waals surface area (Å²) in [6.07, 6.45) is 2.73. The van der Waals surface area contributed by atoms with E-state index in [0.29, 0.717) is 6.54 Å². The Labute approximate surface area is 135 Å². The van der Waals surface area contributed by atoms with Gasteiger partial charge in [-0.2, -0.15) is 5.10 Å². The number of carbonyl (C=O) groups is 1. The molecule has 0 bridgehead atoms. The van der Waals surface area contributed by atoms with Crippen LogP contribution in [0.3, 0.4) is 0 Å². The van der Waals surface area contributed by atoms with Crippen molar-refractivity contribution in [3.63, 3.8) is 0 Å². The summed E-state index contributed by atoms with van der Waals surface area (Å²) in [5, 5.41) is 15.2. The number of hydrogen-bond donors (Lipinski definition) is 1. The quantitative estimate of drug-likeness (QED) is 0.665. The number of hydrogen-bond acceptors (Lipinski definition) is 5. The molecule has 2 heterocycles. The van der Waals surface area contributed by atoms with Gasteiger partial charge in [0, 0.05) is 25.7 Å². The van der Waals surface area contributed by atoms with Crippen LogP contribution < -0.4 is 5.73 Å². The van der Waals surface area contributed by atoms with Crippen molar-refractivity contribution in [2.24, 2.45) is 12.8 Å². The molecule has 1 aromatic heterocycles. The lowest BCUT2D eigenvalue weighted by atomic mass is 9.96. The van der Waals surface area contributed by atoms with Crippen LogP contribution in [0.4, 0.5) is 5.69 Å². The second kappa shape index (κ2) is 7.06. The molecule has 9 heteroatoms. The molecular formula is C13H22ClN5O3. The molecule has 0 aliphatic carbocycles. The van der Waals surface area contributed by atoms with Crippen molar-refractivity contribution in [2.75, 3.05) is 6.54 Å². The molecular weight excluding hydrogens is 310 g/mol. The zero-order valence-electron chi connectivity index (χ0n) is 13.0. The minimum atomic E-state index is -0.541. The third-order valence-electron chi connectivity index (χ3n) is 3.99. The number of aromatic nitrogens is 2. The van der Waals surface area contributed by atoms with E-state index in [1.807, 2.05) is 6.92 Å². The maximum atomic E-state index is 12.8. The highest BCUT2D eigenvalue weighted by Gasteiger charge is 2.36. The third kappa shape index (κ3) is 3.22. The molecule has 1 aliphatic rings. The molecule has 2 rings (SSSR count). The number of likely N-dealkylation sites (tertiary alicyclic amines) is 1. The number of nitrogens with two attached hydrogens (primary N) is 1. The molecule has 0 radical (unpaired) electrons. The van der Waals surface area contributed by atoms with Crippen LogP contribution in [0.2, 0.25) is 0 Å². The van der Waals surface area contributed by atoms with Gasteiger partial charge in [0.05, 0.1) is 4.92 Å². The summed E-state index contributed by atoms with van der Waals surface area (Å²) in [7, 11) is 1.55. The van der Waals surface area contributed by atoms with E-state index in [1.165, 1.54) is 11.6 Å². The number of aryl methyl sites for hydroxylation is 2. The number of rotatable bonds is 3. The van der Waals surface area contributed by atoms with Crippen LogP contribution in [0.15, 0.2) is 0 Å². The fourth-order valence-electron chi connectivity index (χ4n) is 3.00. The molecule has 1 aromatic rings. The first-order valence-electron chi connectivity index (χ1n) is 7.09. The summed E-state index contributed by atoms with van der Waals surface area (Å²) in [5.41, 5.74) is 6.04. The van der Waals surface area contributed by atoms with Crippen LogP contribution in [-0.2, 0) is 7.05 Å². The molecule has 0 saturated carbocycles. The first kappa shape index (κ1) is 18.4. The normalized spacial score (nSPS) is 19.5. The van der Waals surface area contributed by atoms with Crippen LogP contribution in [0.5, 0.6) is 0 Å². The SMILES string of the molecule is Cc1nn(C)c(C(=O)N2CCCCC2C(C)N)c1[N+](=O)[O-].Cl. The maximum Gasteiger partial charge on any atom is 0.322 e. The van der Waals surface area contributed by atoms with Gasteiger partial charge in [0.25, 0.3) is 5.91 Å². The molecule has 1 fully saturated rings. The van der Waals surface area contributed by atoms with Gasteiger partial charge >= 0.3 is 5.69 Å². The maximum absolute atomic E-state index is 12.8. The Hall–Kier alpha value is -1.67. The molecule has 1 amide bonds. The van der Waals surface area contributed by atoms with E-state index in [9.17, 15) is 14.9 Å². The Morgan fingerprint density at radius 2 is 2.14 bits per heavy atom. The van der Waals surface area contributed by atoms with E-state index in [4.69, 9.17) is 5.73 Å². The first-order chi connectivity index (χ1) is 9.84. The Morgan fingerprint density at radius 3 is 2.68 bits per heavy atom. The summed E-state index contributed by atoms with van der Waals surface area (Å²) in [4.78, 5) is 25.1. The van der Waals surface area contributed by atoms with Crippen molar-refractivity contribution < 1.29 is 9.72 Å². The number of halogens is 1. The molecule has 22 heavy (non-hydrogen) atoms. The van der Waals surface area contributed by atoms with Crippen LogP contribution >= 0.6 is 12.4 Å². The van der Waals surface area contributed by atoms with Gasteiger partial charge in [-0.05, 0) is 33.1 Å². The number of nitrogens with zero attached hydrogens (tertiary/aromatic N) is 4. The Kier molecular flexibility index (Phi) is 5.90. The van der Waals surface area contributed by atoms with Gasteiger partial charge in [-0.15, -0.1) is 12.4 Å². The van der Waals surface area contributed by atoms with E-state index in [2.05, 4.69) is 5.10 Å². The van der Waals surface area contributed by atoms with Gasteiger partial charge < -0.3 is 10.6 Å². The lowest BCUT2D eigenvalue weighted by molar-refractivity contribution is -0.385. The Balaban J connectivity index is 0.00000242. The van der Waals surface area contributed by atoms with Gasteiger partial charge in [0.2, 0.25) is 5.69 Å². The van der Waals surface area contributed by atoms with E-state index in [1.54, 1.807) is 11.9 Å². The fraction of sp³-hybridized carbons (Fsp3) is 0.692. The summed E-state index contributed by atoms with van der Waals surface area (Å²) < 4.78 is 1.29. The van der Waals surface area contributed by atoms with Crippen molar-refractivity contribution in [1.29, 1.82) is 0 Å². The first-order valence-corrected chi connectivity index (χ1v) is 7.09. The van der Waals surface area contributed by atoms with Gasteiger partial charge in [-0.25, -0.2) is 0 Å². The smallest absolute Gasteiger partial charge is 0.322 e. The number of amides is 1. The summed E-state index contributed by atoms with van der Waals surface area (Å²) in [6.45, 7) is 3.97. The van der Waals surface area contributed by atoms with E-state index in [-0.39, 0.29) is 47.5 Å². The topological polar surface area (TPSA) is 107 Å². The van der Waals surface area contributed by atoms with E-state index < -0.39 is 4.92 Å². The van der Waals surface area contributed by atoms with Crippen LogP contribution in [0.25, 0.3) is 0 Å². The lowest BCUT2D eigenvalue weighted by Crippen LogP contribution is -2.52. The molecule has 1 aliphatic heterocycles. The predicted molar refractivity (Wildman–Crippen MR) is 84.2 cm³/mol. The van der Waals surface area contributed by atoms with E-state index in [0.717, 1.165) is 19.3 Å². The zero-order valence-corrected chi connectivity index (χ0v) is 13.8. The summed E-state index contributed by atoms with van der Waals surface area (Å²) >= 11 is 0. The number of nitro groups is 1. The largest absolute Gasteiger partial charge is 0.333 e. The van der Waals surface area contributed by atoms with Crippen LogP contribution in [0, 0.1) is 17.0 Å². The average Bonchev–Trinajstić information content (AvgIpc) is 2.72. The Morgan fingerprint density at radius 1 is 1.50 bits per heavy atom. The highest BCUT2D eigenvalue weighted by atomic mass is 35.5. The minimum absolute atomic E-state index is 0. The van der Waals surface area contributed by atoms with Crippen molar-refractivity contribution in [2.45, 2.75) is 45.2 Å². The molecule has 1 saturated heterocycles. The molecule has 2 atom stereocenters. The van der Waals surface area contributed by atoms with Crippen molar-refractivity contribution in [3.8, 4) is 0 Å². The molecule has 0 aromatic carbocycles. The second-order valence-corrected chi connectivity index (χ2v) is 5.58. The monoisotopic (exact) mass is 331 g/mol. The van der Waals surface area contributed by atoms with Crippen molar-refractivity contribution in [3.05, 3.63) is 21.5 Å². The van der Waals surface area contributed by atoms with Gasteiger partial charge in [0.15, 0.2) is 0 Å². The standard InChI is InChI=1S/C13H21N5O3.ClH/c1-8(14)10-6-4-5-7-17(10)13(19)12-11(18(20)21)9(2)15-16(12)3;/h8,10H,4-7,14H2,1-3H3;1H. The highest BCUT2D eigenvalue weighted by Crippen LogP contribution is 2.27. The lowest BCUT2D eigenvalue weighted by Gasteiger charge is -2.37. The van der Waals surface area contributed by atoms with Crippen LogP contribution in [0.1, 0.15) is 42.4 Å². The number of carbonyl (C=O) groups excluding carboxylic acids is 1. The van der Waals surface area contributed by atoms with Gasteiger partial charge in [0.1, 0.15) is 5.69 Å². The zero-order chi connectivity index (χ0) is 15.7. The summed E-state index contributed by atoms with van der Waals surface area (Å²) in [5.74, 6) is -0.355. The molecule has 0 spiro atoms. The van der Waals surface area contributed by atoms with E-state index >= 15 is 0 Å². The highest BCUT2D eigenvalue weighted by molar-refractivity contribution is 5.97. The fourth-order valence-corrected chi connectivity index (χ4v) is 3.00. The van der Waals surface area contributed by atoms with Gasteiger partial charge in [-0.3, -0.25) is 19.6 Å². The third-order valence-corrected chi connectivity index (χ3v) is 3.99. The minimum Gasteiger partial charge on any atom is -0.333 e. The van der Waals surface area contributed by atoms with Gasteiger partial charge in [-0.1, -0.05) is 0 Å². The molecule has 2 unspecified atom stereocenters. The van der Waals surface area contributed by atoms with Crippen molar-refractivity contribution >= 4 is 24.0 Å². The molecule has 124 valence electrons. The molecule has 8 nitrogen and oxygen atoms in total. The average molecular weight is 332 g/mol. The Bertz CT molecular complexity index is 572. The number of piperidine rings is 1. The predicted octanol–water partition coefficient (Wildman–Crippen LogP) is 1.40. The summed E-state index contributed by atoms with van der Waals surface area (Å²) in [6, 6.07) is -0.247.